The molecule has 0 aliphatic heterocycles. The van der Waals surface area contributed by atoms with Crippen LogP contribution in [-0.4, -0.2) is 10.2 Å². The van der Waals surface area contributed by atoms with Gasteiger partial charge in [0.2, 0.25) is 0 Å². The first kappa shape index (κ1) is 18.1. The largest absolute Gasteiger partial charge is 0.484 e. The zero-order chi connectivity index (χ0) is 17.6. The summed E-state index contributed by atoms with van der Waals surface area (Å²) in [7, 11) is 0. The molecule has 130 valence electrons. The molecule has 3 rings (SSSR count). The molecule has 2 aromatic carbocycles. The third kappa shape index (κ3) is 5.14. The molecule has 25 heavy (non-hydrogen) atoms. The number of hydrogen-bond donors (Lipinski definition) is 0. The Kier molecular flexibility index (Phi) is 6.24. The average molecular weight is 395 g/mol. The number of benzene rings is 2. The summed E-state index contributed by atoms with van der Waals surface area (Å²) in [4.78, 5) is 0. The number of aryl methyl sites for hydroxylation is 1. The van der Waals surface area contributed by atoms with Crippen molar-refractivity contribution < 1.29 is 9.15 Å². The Balaban J connectivity index is 1.53. The number of aromatic nitrogens is 2. The van der Waals surface area contributed by atoms with Gasteiger partial charge in [0, 0.05) is 15.8 Å². The van der Waals surface area contributed by atoms with E-state index < -0.39 is 0 Å². The van der Waals surface area contributed by atoms with Gasteiger partial charge in [0.1, 0.15) is 5.75 Å². The van der Waals surface area contributed by atoms with Crippen molar-refractivity contribution in [1.82, 2.24) is 10.2 Å². The van der Waals surface area contributed by atoms with Gasteiger partial charge in [-0.25, -0.2) is 0 Å². The Morgan fingerprint density at radius 2 is 1.88 bits per heavy atom. The van der Waals surface area contributed by atoms with Crippen LogP contribution in [0.3, 0.4) is 0 Å². The van der Waals surface area contributed by atoms with E-state index in [1.54, 1.807) is 12.1 Å². The predicted molar refractivity (Wildman–Crippen MR) is 100 cm³/mol. The van der Waals surface area contributed by atoms with Crippen molar-refractivity contribution in [3.63, 3.8) is 0 Å². The van der Waals surface area contributed by atoms with E-state index in [9.17, 15) is 0 Å². The smallest absolute Gasteiger partial charge is 0.277 e. The van der Waals surface area contributed by atoms with Gasteiger partial charge in [-0.2, -0.15) is 0 Å². The van der Waals surface area contributed by atoms with E-state index in [1.807, 2.05) is 30.3 Å². The van der Waals surface area contributed by atoms with E-state index >= 15 is 0 Å². The van der Waals surface area contributed by atoms with Gasteiger partial charge in [-0.15, -0.1) is 10.2 Å². The fourth-order valence-corrected chi connectivity index (χ4v) is 3.44. The van der Waals surface area contributed by atoms with Crippen LogP contribution in [-0.2, 0) is 18.8 Å². The Labute approximate surface area is 160 Å². The molecular formula is C18H16Cl2N2O2S. The fraction of sp³-hybridized carbons (Fsp3) is 0.222. The molecule has 1 aromatic heterocycles. The van der Waals surface area contributed by atoms with Crippen LogP contribution in [0.2, 0.25) is 10.0 Å². The summed E-state index contributed by atoms with van der Waals surface area (Å²) >= 11 is 13.5. The lowest BCUT2D eigenvalue weighted by molar-refractivity contribution is 0.252. The van der Waals surface area contributed by atoms with Crippen LogP contribution in [0.15, 0.2) is 52.1 Å². The number of nitrogens with zero attached hydrogens (tertiary/aromatic N) is 2. The summed E-state index contributed by atoms with van der Waals surface area (Å²) in [5.74, 6) is 1.83. The van der Waals surface area contributed by atoms with E-state index in [4.69, 9.17) is 32.4 Å². The monoisotopic (exact) mass is 394 g/mol. The van der Waals surface area contributed by atoms with Crippen LogP contribution < -0.4 is 4.74 Å². The number of hydrogen-bond acceptors (Lipinski definition) is 5. The maximum Gasteiger partial charge on any atom is 0.277 e. The highest BCUT2D eigenvalue weighted by Gasteiger charge is 2.09. The quantitative estimate of drug-likeness (QED) is 0.473. The van der Waals surface area contributed by atoms with Crippen molar-refractivity contribution in [2.45, 2.75) is 30.9 Å². The number of rotatable bonds is 7. The van der Waals surface area contributed by atoms with Crippen molar-refractivity contribution in [1.29, 1.82) is 0 Å². The minimum atomic E-state index is 0.237. The van der Waals surface area contributed by atoms with Gasteiger partial charge in [0.05, 0.1) is 0 Å². The van der Waals surface area contributed by atoms with Crippen LogP contribution in [0, 0.1) is 0 Å². The zero-order valence-corrected chi connectivity index (χ0v) is 15.9. The molecule has 0 fully saturated rings. The van der Waals surface area contributed by atoms with Crippen LogP contribution >= 0.6 is 35.0 Å². The topological polar surface area (TPSA) is 48.2 Å². The first-order chi connectivity index (χ1) is 12.1. The Morgan fingerprint density at radius 3 is 2.60 bits per heavy atom. The highest BCUT2D eigenvalue weighted by molar-refractivity contribution is 7.98. The second-order valence-corrected chi connectivity index (χ2v) is 7.04. The first-order valence-corrected chi connectivity index (χ1v) is 9.49. The van der Waals surface area contributed by atoms with E-state index in [2.05, 4.69) is 17.1 Å². The van der Waals surface area contributed by atoms with Crippen molar-refractivity contribution in [2.24, 2.45) is 0 Å². The van der Waals surface area contributed by atoms with Crippen LogP contribution in [0.1, 0.15) is 23.9 Å². The van der Waals surface area contributed by atoms with Crippen LogP contribution in [0.25, 0.3) is 0 Å². The Morgan fingerprint density at radius 1 is 1.08 bits per heavy atom. The summed E-state index contributed by atoms with van der Waals surface area (Å²) < 4.78 is 11.2. The van der Waals surface area contributed by atoms with Gasteiger partial charge in [-0.1, -0.05) is 60.1 Å². The lowest BCUT2D eigenvalue weighted by Gasteiger charge is -2.04. The lowest BCUT2D eigenvalue weighted by atomic mass is 10.2. The fourth-order valence-electron chi connectivity index (χ4n) is 2.10. The van der Waals surface area contributed by atoms with Gasteiger partial charge in [0.25, 0.3) is 11.1 Å². The molecular weight excluding hydrogens is 379 g/mol. The molecule has 0 unspecified atom stereocenters. The molecule has 4 nitrogen and oxygen atoms in total. The molecule has 3 aromatic rings. The van der Waals surface area contributed by atoms with Gasteiger partial charge < -0.3 is 9.15 Å². The number of thioether (sulfide) groups is 1. The molecule has 0 amide bonds. The average Bonchev–Trinajstić information content (AvgIpc) is 3.07. The highest BCUT2D eigenvalue weighted by atomic mass is 35.5. The van der Waals surface area contributed by atoms with Crippen molar-refractivity contribution in [3.8, 4) is 5.75 Å². The third-order valence-corrected chi connectivity index (χ3v) is 4.96. The molecule has 0 aliphatic carbocycles. The number of ether oxygens (including phenoxy) is 1. The molecule has 0 saturated carbocycles. The second-order valence-electron chi connectivity index (χ2n) is 5.27. The maximum atomic E-state index is 6.16. The molecule has 1 heterocycles. The minimum absolute atomic E-state index is 0.237. The summed E-state index contributed by atoms with van der Waals surface area (Å²) in [5.41, 5.74) is 2.23. The Hall–Kier alpha value is -1.69. The summed E-state index contributed by atoms with van der Waals surface area (Å²) in [6.45, 7) is 2.35. The maximum absolute atomic E-state index is 6.16. The van der Waals surface area contributed by atoms with Crippen molar-refractivity contribution in [2.75, 3.05) is 0 Å². The molecule has 0 N–H and O–H groups in total. The van der Waals surface area contributed by atoms with Crippen LogP contribution in [0.4, 0.5) is 0 Å². The summed E-state index contributed by atoms with van der Waals surface area (Å²) in [6.07, 6.45) is 1.00. The van der Waals surface area contributed by atoms with Gasteiger partial charge >= 0.3 is 0 Å². The predicted octanol–water partition coefficient (Wildman–Crippen LogP) is 5.81. The molecule has 0 aliphatic rings. The van der Waals surface area contributed by atoms with Crippen molar-refractivity contribution >= 4 is 35.0 Å². The molecule has 0 atom stereocenters. The molecule has 0 spiro atoms. The van der Waals surface area contributed by atoms with Gasteiger partial charge in [-0.05, 0) is 41.8 Å². The molecule has 7 heteroatoms. The molecule has 0 radical (unpaired) electrons. The minimum Gasteiger partial charge on any atom is -0.484 e. The highest BCUT2D eigenvalue weighted by Crippen LogP contribution is 2.28. The SMILES string of the molecule is CCc1ccc(OCc2nnc(SCc3ccc(Cl)cc3Cl)o2)cc1. The van der Waals surface area contributed by atoms with Gasteiger partial charge in [-0.3, -0.25) is 0 Å². The summed E-state index contributed by atoms with van der Waals surface area (Å²) in [6, 6.07) is 13.4. The number of halogens is 2. The molecule has 0 bridgehead atoms. The van der Waals surface area contributed by atoms with E-state index in [0.717, 1.165) is 17.7 Å². The van der Waals surface area contributed by atoms with Crippen LogP contribution in [0.5, 0.6) is 5.75 Å². The first-order valence-electron chi connectivity index (χ1n) is 7.75. The van der Waals surface area contributed by atoms with E-state index in [0.29, 0.717) is 26.9 Å². The second kappa shape index (κ2) is 8.61. The molecule has 0 saturated heterocycles. The van der Waals surface area contributed by atoms with Gasteiger partial charge in [0.15, 0.2) is 6.61 Å². The third-order valence-electron chi connectivity index (χ3n) is 3.51. The van der Waals surface area contributed by atoms with E-state index in [-0.39, 0.29) is 6.61 Å². The van der Waals surface area contributed by atoms with E-state index in [1.165, 1.54) is 17.3 Å². The van der Waals surface area contributed by atoms with Crippen molar-refractivity contribution in [3.05, 3.63) is 69.5 Å². The zero-order valence-electron chi connectivity index (χ0n) is 13.5. The lowest BCUT2D eigenvalue weighted by Crippen LogP contribution is -1.95. The summed E-state index contributed by atoms with van der Waals surface area (Å²) in [5, 5.41) is 9.73. The Bertz CT molecular complexity index is 837. The normalized spacial score (nSPS) is 10.8. The standard InChI is InChI=1S/C18H16Cl2N2O2S/c1-2-12-3-7-15(8-4-12)23-10-17-21-22-18(24-17)25-11-13-5-6-14(19)9-16(13)20/h3-9H,2,10-11H2,1H3.